The Hall–Kier alpha value is -2.06. The monoisotopic (exact) mass is 310 g/mol. The van der Waals surface area contributed by atoms with Crippen molar-refractivity contribution < 1.29 is 13.2 Å². The summed E-state index contributed by atoms with van der Waals surface area (Å²) in [6, 6.07) is 4.49. The quantitative estimate of drug-likeness (QED) is 0.796. The average molecular weight is 310 g/mol. The number of sulfonamides is 1. The van der Waals surface area contributed by atoms with Crippen LogP contribution in [-0.2, 0) is 23.6 Å². The number of methoxy groups -OCH3 is 1. The van der Waals surface area contributed by atoms with Gasteiger partial charge < -0.3 is 10.5 Å². The van der Waals surface area contributed by atoms with Gasteiger partial charge in [0, 0.05) is 31.0 Å². The molecule has 1 aromatic heterocycles. The molecule has 0 aliphatic heterocycles. The molecule has 0 aliphatic carbocycles. The van der Waals surface area contributed by atoms with Gasteiger partial charge in [-0.05, 0) is 25.1 Å². The first-order valence-electron chi connectivity index (χ1n) is 6.26. The number of anilines is 1. The van der Waals surface area contributed by atoms with Crippen LogP contribution in [-0.4, -0.2) is 25.3 Å². The summed E-state index contributed by atoms with van der Waals surface area (Å²) in [7, 11) is -0.527. The summed E-state index contributed by atoms with van der Waals surface area (Å²) in [5.41, 5.74) is 7.59. The largest absolute Gasteiger partial charge is 0.495 e. The maximum absolute atomic E-state index is 12.4. The third kappa shape index (κ3) is 3.34. The summed E-state index contributed by atoms with van der Waals surface area (Å²) in [5.74, 6) is 0.250. The maximum atomic E-state index is 12.4. The second-order valence-electron chi connectivity index (χ2n) is 4.65. The second kappa shape index (κ2) is 5.74. The molecule has 114 valence electrons. The van der Waals surface area contributed by atoms with E-state index in [2.05, 4.69) is 9.82 Å². The van der Waals surface area contributed by atoms with E-state index in [1.807, 2.05) is 6.92 Å². The van der Waals surface area contributed by atoms with E-state index >= 15 is 0 Å². The Kier molecular flexibility index (Phi) is 4.19. The van der Waals surface area contributed by atoms with Crippen molar-refractivity contribution in [1.82, 2.24) is 14.5 Å². The van der Waals surface area contributed by atoms with Gasteiger partial charge in [0.2, 0.25) is 10.0 Å². The van der Waals surface area contributed by atoms with Gasteiger partial charge in [-0.3, -0.25) is 4.68 Å². The molecular formula is C13H18N4O3S. The first-order valence-corrected chi connectivity index (χ1v) is 7.74. The molecule has 3 N–H and O–H groups in total. The number of nitrogen functional groups attached to an aromatic ring is 1. The van der Waals surface area contributed by atoms with Crippen molar-refractivity contribution in [1.29, 1.82) is 0 Å². The number of benzene rings is 1. The summed E-state index contributed by atoms with van der Waals surface area (Å²) in [6.45, 7) is 1.98. The molecule has 1 heterocycles. The van der Waals surface area contributed by atoms with E-state index < -0.39 is 10.0 Å². The van der Waals surface area contributed by atoms with Gasteiger partial charge in [-0.1, -0.05) is 0 Å². The lowest BCUT2D eigenvalue weighted by Gasteiger charge is -2.11. The lowest BCUT2D eigenvalue weighted by Crippen LogP contribution is -2.24. The fourth-order valence-corrected chi connectivity index (χ4v) is 3.18. The lowest BCUT2D eigenvalue weighted by atomic mass is 10.3. The topological polar surface area (TPSA) is 99.2 Å². The Morgan fingerprint density at radius 3 is 2.71 bits per heavy atom. The molecule has 0 atom stereocenters. The molecular weight excluding hydrogens is 292 g/mol. The number of nitrogens with one attached hydrogen (secondary N) is 1. The van der Waals surface area contributed by atoms with Crippen LogP contribution in [0.3, 0.4) is 0 Å². The molecule has 0 amide bonds. The standard InChI is InChI=1S/C13H18N4O3S/c1-9-10(8-17(2)16-9)7-15-21(18,19)13-6-11(14)4-5-12(13)20-3/h4-6,8,15H,7,14H2,1-3H3. The molecule has 0 fully saturated rings. The number of rotatable bonds is 5. The van der Waals surface area contributed by atoms with E-state index in [-0.39, 0.29) is 17.2 Å². The number of aromatic nitrogens is 2. The molecule has 0 aliphatic rings. The molecule has 2 rings (SSSR count). The SMILES string of the molecule is COc1ccc(N)cc1S(=O)(=O)NCc1cn(C)nc1C. The highest BCUT2D eigenvalue weighted by Crippen LogP contribution is 2.25. The number of hydrogen-bond donors (Lipinski definition) is 2. The van der Waals surface area contributed by atoms with E-state index in [1.165, 1.54) is 19.2 Å². The first kappa shape index (κ1) is 15.3. The van der Waals surface area contributed by atoms with Crippen LogP contribution in [0.4, 0.5) is 5.69 Å². The van der Waals surface area contributed by atoms with Gasteiger partial charge in [-0.25, -0.2) is 13.1 Å². The Bertz CT molecular complexity index is 753. The summed E-state index contributed by atoms with van der Waals surface area (Å²) >= 11 is 0. The zero-order valence-corrected chi connectivity index (χ0v) is 12.9. The second-order valence-corrected chi connectivity index (χ2v) is 6.38. The highest BCUT2D eigenvalue weighted by atomic mass is 32.2. The fraction of sp³-hybridized carbons (Fsp3) is 0.308. The lowest BCUT2D eigenvalue weighted by molar-refractivity contribution is 0.402. The zero-order valence-electron chi connectivity index (χ0n) is 12.1. The predicted octanol–water partition coefficient (Wildman–Crippen LogP) is 0.798. The number of ether oxygens (including phenoxy) is 1. The van der Waals surface area contributed by atoms with Crippen LogP contribution >= 0.6 is 0 Å². The van der Waals surface area contributed by atoms with Crippen LogP contribution in [0.25, 0.3) is 0 Å². The smallest absolute Gasteiger partial charge is 0.244 e. The minimum atomic E-state index is -3.72. The average Bonchev–Trinajstić information content (AvgIpc) is 2.75. The van der Waals surface area contributed by atoms with Gasteiger partial charge >= 0.3 is 0 Å². The van der Waals surface area contributed by atoms with E-state index in [9.17, 15) is 8.42 Å². The predicted molar refractivity (Wildman–Crippen MR) is 79.4 cm³/mol. The number of aryl methyl sites for hydroxylation is 2. The molecule has 0 saturated carbocycles. The number of nitrogens with zero attached hydrogens (tertiary/aromatic N) is 2. The Morgan fingerprint density at radius 2 is 2.14 bits per heavy atom. The third-order valence-electron chi connectivity index (χ3n) is 3.04. The van der Waals surface area contributed by atoms with Crippen LogP contribution in [0, 0.1) is 6.92 Å². The first-order chi connectivity index (χ1) is 9.83. The Labute approximate surface area is 123 Å². The van der Waals surface area contributed by atoms with Gasteiger partial charge in [-0.15, -0.1) is 0 Å². The van der Waals surface area contributed by atoms with Crippen molar-refractivity contribution in [2.75, 3.05) is 12.8 Å². The molecule has 0 bridgehead atoms. The van der Waals surface area contributed by atoms with Gasteiger partial charge in [0.05, 0.1) is 12.8 Å². The van der Waals surface area contributed by atoms with Crippen molar-refractivity contribution >= 4 is 15.7 Å². The fourth-order valence-electron chi connectivity index (χ4n) is 1.98. The molecule has 0 saturated heterocycles. The normalized spacial score (nSPS) is 11.6. The molecule has 21 heavy (non-hydrogen) atoms. The van der Waals surface area contributed by atoms with Gasteiger partial charge in [0.1, 0.15) is 10.6 Å². The van der Waals surface area contributed by atoms with Gasteiger partial charge in [-0.2, -0.15) is 5.10 Å². The van der Waals surface area contributed by atoms with Crippen LogP contribution < -0.4 is 15.2 Å². The van der Waals surface area contributed by atoms with E-state index in [4.69, 9.17) is 10.5 Å². The van der Waals surface area contributed by atoms with Crippen molar-refractivity contribution in [3.8, 4) is 5.75 Å². The molecule has 1 aromatic carbocycles. The molecule has 0 unspecified atom stereocenters. The number of hydrogen-bond acceptors (Lipinski definition) is 5. The summed E-state index contributed by atoms with van der Waals surface area (Å²) in [5, 5.41) is 4.17. The summed E-state index contributed by atoms with van der Waals surface area (Å²) in [4.78, 5) is 0.0199. The van der Waals surface area contributed by atoms with E-state index in [1.54, 1.807) is 24.0 Å². The Morgan fingerprint density at radius 1 is 1.43 bits per heavy atom. The van der Waals surface area contributed by atoms with E-state index in [0.717, 1.165) is 11.3 Å². The molecule has 8 heteroatoms. The van der Waals surface area contributed by atoms with Crippen molar-refractivity contribution in [2.45, 2.75) is 18.4 Å². The summed E-state index contributed by atoms with van der Waals surface area (Å²) in [6.07, 6.45) is 1.77. The molecule has 2 aromatic rings. The Balaban J connectivity index is 2.26. The minimum Gasteiger partial charge on any atom is -0.495 e. The highest BCUT2D eigenvalue weighted by Gasteiger charge is 2.20. The van der Waals surface area contributed by atoms with E-state index in [0.29, 0.717) is 5.69 Å². The van der Waals surface area contributed by atoms with Crippen LogP contribution in [0.5, 0.6) is 5.75 Å². The molecule has 0 radical (unpaired) electrons. The zero-order chi connectivity index (χ0) is 15.6. The molecule has 0 spiro atoms. The van der Waals surface area contributed by atoms with Crippen molar-refractivity contribution in [3.63, 3.8) is 0 Å². The number of nitrogens with two attached hydrogens (primary N) is 1. The van der Waals surface area contributed by atoms with Gasteiger partial charge in [0.25, 0.3) is 0 Å². The van der Waals surface area contributed by atoms with Crippen LogP contribution in [0.15, 0.2) is 29.3 Å². The van der Waals surface area contributed by atoms with Crippen LogP contribution in [0.2, 0.25) is 0 Å². The summed E-state index contributed by atoms with van der Waals surface area (Å²) < 4.78 is 34.0. The third-order valence-corrected chi connectivity index (χ3v) is 4.47. The maximum Gasteiger partial charge on any atom is 0.244 e. The highest BCUT2D eigenvalue weighted by molar-refractivity contribution is 7.89. The van der Waals surface area contributed by atoms with Gasteiger partial charge in [0.15, 0.2) is 0 Å². The minimum absolute atomic E-state index is 0.0199. The van der Waals surface area contributed by atoms with Crippen LogP contribution in [0.1, 0.15) is 11.3 Å². The van der Waals surface area contributed by atoms with Crippen molar-refractivity contribution in [2.24, 2.45) is 7.05 Å². The van der Waals surface area contributed by atoms with Crippen molar-refractivity contribution in [3.05, 3.63) is 35.7 Å². The molecule has 7 nitrogen and oxygen atoms in total.